The predicted octanol–water partition coefficient (Wildman–Crippen LogP) is 1.32. The van der Waals surface area contributed by atoms with Crippen LogP contribution in [0.1, 0.15) is 39.3 Å². The van der Waals surface area contributed by atoms with Crippen molar-refractivity contribution in [2.75, 3.05) is 31.9 Å². The van der Waals surface area contributed by atoms with E-state index in [1.165, 1.54) is 17.7 Å². The second-order valence-electron chi connectivity index (χ2n) is 5.46. The van der Waals surface area contributed by atoms with E-state index in [0.29, 0.717) is 18.8 Å². The lowest BCUT2D eigenvalue weighted by Gasteiger charge is -2.19. The fourth-order valence-corrected chi connectivity index (χ4v) is 3.21. The van der Waals surface area contributed by atoms with E-state index in [0.717, 1.165) is 13.1 Å². The molecule has 0 radical (unpaired) electrons. The highest BCUT2D eigenvalue weighted by Crippen LogP contribution is 2.33. The predicted molar refractivity (Wildman–Crippen MR) is 79.4 cm³/mol. The Hall–Kier alpha value is -1.66. The molecule has 1 fully saturated rings. The van der Waals surface area contributed by atoms with Crippen molar-refractivity contribution < 1.29 is 9.59 Å². The number of hydrogen-bond acceptors (Lipinski definition) is 5. The van der Waals surface area contributed by atoms with Crippen LogP contribution in [0.5, 0.6) is 0 Å². The summed E-state index contributed by atoms with van der Waals surface area (Å²) in [6.07, 6.45) is 2.34. The molecule has 6 nitrogen and oxygen atoms in total. The van der Waals surface area contributed by atoms with Crippen molar-refractivity contribution in [1.82, 2.24) is 14.8 Å². The molecule has 0 aromatic carbocycles. The number of anilines is 1. The Morgan fingerprint density at radius 3 is 2.43 bits per heavy atom. The topological polar surface area (TPSA) is 79.5 Å². The third-order valence-corrected chi connectivity index (χ3v) is 4.41. The molecule has 2 aliphatic heterocycles. The lowest BCUT2D eigenvalue weighted by Crippen LogP contribution is -2.37. The van der Waals surface area contributed by atoms with Crippen molar-refractivity contribution in [2.24, 2.45) is 0 Å². The Kier molecular flexibility index (Phi) is 3.59. The lowest BCUT2D eigenvalue weighted by atomic mass is 10.1. The summed E-state index contributed by atoms with van der Waals surface area (Å²) in [5, 5.41) is 0.0544. The van der Waals surface area contributed by atoms with Crippen LogP contribution < -0.4 is 5.73 Å². The van der Waals surface area contributed by atoms with Gasteiger partial charge in [0.1, 0.15) is 5.15 Å². The van der Waals surface area contributed by atoms with Crippen LogP contribution in [0.25, 0.3) is 0 Å². The number of rotatable bonds is 3. The molecule has 0 bridgehead atoms. The van der Waals surface area contributed by atoms with Gasteiger partial charge in [-0.25, -0.2) is 4.98 Å². The van der Waals surface area contributed by atoms with E-state index in [-0.39, 0.29) is 27.9 Å². The Morgan fingerprint density at radius 1 is 1.14 bits per heavy atom. The van der Waals surface area contributed by atoms with Crippen molar-refractivity contribution in [3.05, 3.63) is 22.0 Å². The van der Waals surface area contributed by atoms with E-state index in [9.17, 15) is 9.59 Å². The van der Waals surface area contributed by atoms with Gasteiger partial charge in [0.2, 0.25) is 0 Å². The van der Waals surface area contributed by atoms with Crippen molar-refractivity contribution in [3.8, 4) is 0 Å². The van der Waals surface area contributed by atoms with Crippen LogP contribution in [0, 0.1) is 6.92 Å². The molecule has 0 saturated carbocycles. The van der Waals surface area contributed by atoms with Crippen LogP contribution in [0.2, 0.25) is 5.15 Å². The number of carbonyl (C=O) groups is 2. The van der Waals surface area contributed by atoms with Gasteiger partial charge in [0, 0.05) is 13.1 Å². The van der Waals surface area contributed by atoms with Crippen LogP contribution in [-0.2, 0) is 0 Å². The summed E-state index contributed by atoms with van der Waals surface area (Å²) in [5.41, 5.74) is 6.98. The van der Waals surface area contributed by atoms with Crippen LogP contribution in [0.15, 0.2) is 0 Å². The summed E-state index contributed by atoms with van der Waals surface area (Å²) >= 11 is 6.02. The van der Waals surface area contributed by atoms with Gasteiger partial charge >= 0.3 is 0 Å². The number of halogens is 1. The minimum atomic E-state index is -0.390. The van der Waals surface area contributed by atoms with Gasteiger partial charge in [0.05, 0.1) is 22.5 Å². The maximum atomic E-state index is 12.5. The number of carbonyl (C=O) groups excluding carboxylic acids is 2. The van der Waals surface area contributed by atoms with Crippen molar-refractivity contribution in [1.29, 1.82) is 0 Å². The molecular formula is C14H17ClN4O2. The zero-order valence-electron chi connectivity index (χ0n) is 11.9. The number of likely N-dealkylation sites (tertiary alicyclic amines) is 1. The highest BCUT2D eigenvalue weighted by molar-refractivity contribution is 6.37. The maximum Gasteiger partial charge on any atom is 0.264 e. The van der Waals surface area contributed by atoms with Crippen LogP contribution in [0.4, 0.5) is 5.69 Å². The van der Waals surface area contributed by atoms with Gasteiger partial charge in [-0.3, -0.25) is 14.5 Å². The summed E-state index contributed by atoms with van der Waals surface area (Å²) < 4.78 is 0. The molecule has 7 heteroatoms. The number of hydrogen-bond donors (Lipinski definition) is 1. The Bertz CT molecular complexity index is 626. The number of aromatic nitrogens is 1. The van der Waals surface area contributed by atoms with Gasteiger partial charge in [-0.15, -0.1) is 0 Å². The number of pyridine rings is 1. The fourth-order valence-electron chi connectivity index (χ4n) is 2.91. The summed E-state index contributed by atoms with van der Waals surface area (Å²) in [4.78, 5) is 32.4. The van der Waals surface area contributed by atoms with Crippen LogP contribution >= 0.6 is 11.6 Å². The summed E-state index contributed by atoms with van der Waals surface area (Å²) in [7, 11) is 0. The first-order valence-electron chi connectivity index (χ1n) is 7.05. The molecule has 112 valence electrons. The Balaban J connectivity index is 1.86. The van der Waals surface area contributed by atoms with E-state index in [1.54, 1.807) is 6.92 Å². The van der Waals surface area contributed by atoms with Gasteiger partial charge < -0.3 is 10.6 Å². The zero-order chi connectivity index (χ0) is 15.1. The SMILES string of the molecule is Cc1nc(Cl)c2c(c1N)C(=O)N(CCN1CCCC1)C2=O. The van der Waals surface area contributed by atoms with E-state index in [2.05, 4.69) is 9.88 Å². The summed E-state index contributed by atoms with van der Waals surface area (Å²) in [6.45, 7) is 4.77. The fraction of sp³-hybridized carbons (Fsp3) is 0.500. The van der Waals surface area contributed by atoms with E-state index in [4.69, 9.17) is 17.3 Å². The zero-order valence-corrected chi connectivity index (χ0v) is 12.6. The molecule has 1 saturated heterocycles. The number of aryl methyl sites for hydroxylation is 1. The largest absolute Gasteiger partial charge is 0.397 e. The van der Waals surface area contributed by atoms with E-state index >= 15 is 0 Å². The normalized spacial score (nSPS) is 18.7. The minimum absolute atomic E-state index is 0.0544. The average molecular weight is 309 g/mol. The van der Waals surface area contributed by atoms with Gasteiger partial charge in [0.25, 0.3) is 11.8 Å². The van der Waals surface area contributed by atoms with E-state index in [1.807, 2.05) is 0 Å². The van der Waals surface area contributed by atoms with Crippen molar-refractivity contribution >= 4 is 29.1 Å². The molecule has 1 aromatic heterocycles. The number of nitrogen functional groups attached to an aromatic ring is 1. The first kappa shape index (κ1) is 14.3. The van der Waals surface area contributed by atoms with E-state index < -0.39 is 5.91 Å². The average Bonchev–Trinajstić information content (AvgIpc) is 3.02. The number of fused-ring (bicyclic) bond motifs is 1. The molecule has 0 aliphatic carbocycles. The van der Waals surface area contributed by atoms with Crippen LogP contribution in [0.3, 0.4) is 0 Å². The molecule has 21 heavy (non-hydrogen) atoms. The summed E-state index contributed by atoms with van der Waals surface area (Å²) in [5.74, 6) is -0.752. The minimum Gasteiger partial charge on any atom is -0.397 e. The summed E-state index contributed by atoms with van der Waals surface area (Å²) in [6, 6.07) is 0. The molecule has 0 unspecified atom stereocenters. The van der Waals surface area contributed by atoms with Crippen LogP contribution in [-0.4, -0.2) is 52.8 Å². The molecule has 3 heterocycles. The Morgan fingerprint density at radius 2 is 1.76 bits per heavy atom. The second kappa shape index (κ2) is 5.27. The van der Waals surface area contributed by atoms with Crippen molar-refractivity contribution in [2.45, 2.75) is 19.8 Å². The number of nitrogens with two attached hydrogens (primary N) is 1. The number of nitrogens with zero attached hydrogens (tertiary/aromatic N) is 3. The highest BCUT2D eigenvalue weighted by atomic mass is 35.5. The molecule has 0 atom stereocenters. The molecule has 2 amide bonds. The first-order valence-corrected chi connectivity index (χ1v) is 7.42. The first-order chi connectivity index (χ1) is 10.0. The highest BCUT2D eigenvalue weighted by Gasteiger charge is 2.40. The third kappa shape index (κ3) is 2.28. The monoisotopic (exact) mass is 308 g/mol. The maximum absolute atomic E-state index is 12.5. The molecule has 2 N–H and O–H groups in total. The van der Waals surface area contributed by atoms with Gasteiger partial charge in [0.15, 0.2) is 0 Å². The molecule has 3 rings (SSSR count). The van der Waals surface area contributed by atoms with Gasteiger partial charge in [-0.1, -0.05) is 11.6 Å². The molecule has 1 aromatic rings. The standard InChI is InChI=1S/C14H17ClN4O2/c1-8-11(16)9-10(12(15)17-8)14(21)19(13(9)20)7-6-18-4-2-3-5-18/h2-7,16H2,1H3. The third-order valence-electron chi connectivity index (χ3n) is 4.14. The van der Waals surface area contributed by atoms with Gasteiger partial charge in [-0.2, -0.15) is 0 Å². The van der Waals surface area contributed by atoms with Crippen molar-refractivity contribution in [3.63, 3.8) is 0 Å². The lowest BCUT2D eigenvalue weighted by molar-refractivity contribution is 0.0641. The molecule has 2 aliphatic rings. The van der Waals surface area contributed by atoms with Gasteiger partial charge in [-0.05, 0) is 32.9 Å². The number of imide groups is 1. The second-order valence-corrected chi connectivity index (χ2v) is 5.82. The Labute approximate surface area is 127 Å². The number of amides is 2. The molecular weight excluding hydrogens is 292 g/mol. The quantitative estimate of drug-likeness (QED) is 0.673. The smallest absolute Gasteiger partial charge is 0.264 e. The molecule has 0 spiro atoms.